The number of nitrogens with one attached hydrogen (secondary N) is 1. The highest BCUT2D eigenvalue weighted by Crippen LogP contribution is 2.27. The molecule has 1 amide bonds. The van der Waals surface area contributed by atoms with Crippen LogP contribution in [0.2, 0.25) is 0 Å². The molecule has 0 bridgehead atoms. The molecule has 1 aliphatic rings. The highest BCUT2D eigenvalue weighted by atomic mass is 16.5. The minimum atomic E-state index is -0.342. The van der Waals surface area contributed by atoms with Crippen molar-refractivity contribution in [2.24, 2.45) is 0 Å². The SMILES string of the molecule is CCOc1cc(C=C(C#N)C(=O)NC2CCCCC2)ccc1O. The van der Waals surface area contributed by atoms with Crippen LogP contribution in [0, 0.1) is 11.3 Å². The van der Waals surface area contributed by atoms with Crippen LogP contribution in [0.4, 0.5) is 0 Å². The van der Waals surface area contributed by atoms with Gasteiger partial charge >= 0.3 is 0 Å². The van der Waals surface area contributed by atoms with Crippen molar-refractivity contribution < 1.29 is 14.6 Å². The highest BCUT2D eigenvalue weighted by Gasteiger charge is 2.18. The predicted octanol–water partition coefficient (Wildman–Crippen LogP) is 3.15. The van der Waals surface area contributed by atoms with E-state index in [1.807, 2.05) is 13.0 Å². The van der Waals surface area contributed by atoms with E-state index in [1.54, 1.807) is 12.1 Å². The number of rotatable bonds is 5. The molecule has 1 saturated carbocycles. The molecular weight excluding hydrogens is 292 g/mol. The molecule has 0 spiro atoms. The van der Waals surface area contributed by atoms with Gasteiger partial charge in [0.1, 0.15) is 11.6 Å². The maximum atomic E-state index is 12.2. The van der Waals surface area contributed by atoms with Gasteiger partial charge in [-0.25, -0.2) is 0 Å². The molecule has 0 aromatic heterocycles. The van der Waals surface area contributed by atoms with Gasteiger partial charge in [0.25, 0.3) is 5.91 Å². The zero-order valence-corrected chi connectivity index (χ0v) is 13.3. The van der Waals surface area contributed by atoms with Crippen LogP contribution in [-0.4, -0.2) is 23.7 Å². The number of phenols is 1. The van der Waals surface area contributed by atoms with Crippen molar-refractivity contribution in [2.45, 2.75) is 45.1 Å². The van der Waals surface area contributed by atoms with E-state index in [1.165, 1.54) is 18.6 Å². The topological polar surface area (TPSA) is 82.3 Å². The van der Waals surface area contributed by atoms with Gasteiger partial charge in [0.15, 0.2) is 11.5 Å². The first kappa shape index (κ1) is 16.9. The number of phenolic OH excluding ortho intramolecular Hbond substituents is 1. The molecule has 1 aliphatic carbocycles. The van der Waals surface area contributed by atoms with Crippen LogP contribution in [0.3, 0.4) is 0 Å². The number of nitriles is 1. The summed E-state index contributed by atoms with van der Waals surface area (Å²) in [5.41, 5.74) is 0.699. The molecule has 0 atom stereocenters. The number of aromatic hydroxyl groups is 1. The molecule has 2 rings (SSSR count). The van der Waals surface area contributed by atoms with E-state index in [2.05, 4.69) is 5.32 Å². The molecule has 1 fully saturated rings. The maximum Gasteiger partial charge on any atom is 0.262 e. The zero-order chi connectivity index (χ0) is 16.7. The summed E-state index contributed by atoms with van der Waals surface area (Å²) in [7, 11) is 0. The summed E-state index contributed by atoms with van der Waals surface area (Å²) in [6.45, 7) is 2.24. The van der Waals surface area contributed by atoms with Gasteiger partial charge < -0.3 is 15.2 Å². The Hall–Kier alpha value is -2.48. The number of amides is 1. The summed E-state index contributed by atoms with van der Waals surface area (Å²) in [6.07, 6.45) is 6.90. The average Bonchev–Trinajstić information content (AvgIpc) is 2.56. The lowest BCUT2D eigenvalue weighted by atomic mass is 9.95. The fourth-order valence-electron chi connectivity index (χ4n) is 2.72. The van der Waals surface area contributed by atoms with Crippen molar-refractivity contribution in [1.82, 2.24) is 5.32 Å². The molecule has 5 heteroatoms. The third-order valence-electron chi connectivity index (χ3n) is 3.90. The second-order valence-corrected chi connectivity index (χ2v) is 5.64. The van der Waals surface area contributed by atoms with Gasteiger partial charge in [-0.15, -0.1) is 0 Å². The summed E-state index contributed by atoms with van der Waals surface area (Å²) in [5.74, 6) is 0.0332. The lowest BCUT2D eigenvalue weighted by Gasteiger charge is -2.22. The Kier molecular flexibility index (Phi) is 6.04. The van der Waals surface area contributed by atoms with Crippen molar-refractivity contribution in [3.05, 3.63) is 29.3 Å². The third-order valence-corrected chi connectivity index (χ3v) is 3.90. The van der Waals surface area contributed by atoms with E-state index in [9.17, 15) is 15.2 Å². The molecule has 5 nitrogen and oxygen atoms in total. The highest BCUT2D eigenvalue weighted by molar-refractivity contribution is 6.01. The fourth-order valence-corrected chi connectivity index (χ4v) is 2.72. The Balaban J connectivity index is 2.12. The smallest absolute Gasteiger partial charge is 0.262 e. The lowest BCUT2D eigenvalue weighted by molar-refractivity contribution is -0.117. The molecule has 1 aromatic rings. The zero-order valence-electron chi connectivity index (χ0n) is 13.3. The number of ether oxygens (including phenoxy) is 1. The molecule has 0 saturated heterocycles. The number of nitrogens with zero attached hydrogens (tertiary/aromatic N) is 1. The van der Waals surface area contributed by atoms with Crippen LogP contribution >= 0.6 is 0 Å². The maximum absolute atomic E-state index is 12.2. The first-order chi connectivity index (χ1) is 11.1. The second-order valence-electron chi connectivity index (χ2n) is 5.64. The first-order valence-corrected chi connectivity index (χ1v) is 8.02. The van der Waals surface area contributed by atoms with Crippen LogP contribution in [0.1, 0.15) is 44.6 Å². The fraction of sp³-hybridized carbons (Fsp3) is 0.444. The molecule has 23 heavy (non-hydrogen) atoms. The van der Waals surface area contributed by atoms with Crippen molar-refractivity contribution in [3.63, 3.8) is 0 Å². The van der Waals surface area contributed by atoms with Crippen molar-refractivity contribution in [1.29, 1.82) is 5.26 Å². The summed E-state index contributed by atoms with van der Waals surface area (Å²) < 4.78 is 5.31. The number of carbonyl (C=O) groups excluding carboxylic acids is 1. The van der Waals surface area contributed by atoms with E-state index in [0.717, 1.165) is 25.7 Å². The van der Waals surface area contributed by atoms with Crippen molar-refractivity contribution >= 4 is 12.0 Å². The Bertz CT molecular complexity index is 626. The van der Waals surface area contributed by atoms with Crippen LogP contribution in [0.5, 0.6) is 11.5 Å². The second kappa shape index (κ2) is 8.23. The van der Waals surface area contributed by atoms with Crippen LogP contribution in [0.15, 0.2) is 23.8 Å². The molecule has 1 aromatic carbocycles. The predicted molar refractivity (Wildman–Crippen MR) is 87.9 cm³/mol. The lowest BCUT2D eigenvalue weighted by Crippen LogP contribution is -2.36. The average molecular weight is 314 g/mol. The van der Waals surface area contributed by atoms with E-state index < -0.39 is 0 Å². The van der Waals surface area contributed by atoms with Gasteiger partial charge in [-0.05, 0) is 43.5 Å². The molecule has 122 valence electrons. The molecule has 2 N–H and O–H groups in total. The third kappa shape index (κ3) is 4.75. The number of carbonyl (C=O) groups is 1. The molecule has 0 radical (unpaired) electrons. The van der Waals surface area contributed by atoms with Gasteiger partial charge in [-0.1, -0.05) is 25.3 Å². The standard InChI is InChI=1S/C18H22N2O3/c1-2-23-17-11-13(8-9-16(17)21)10-14(12-19)18(22)20-15-6-4-3-5-7-15/h8-11,15,21H,2-7H2,1H3,(H,20,22). The Labute approximate surface area is 136 Å². The van der Waals surface area contributed by atoms with E-state index >= 15 is 0 Å². The van der Waals surface area contributed by atoms with Crippen molar-refractivity contribution in [3.8, 4) is 17.6 Å². The quantitative estimate of drug-likeness (QED) is 0.646. The Morgan fingerprint density at radius 2 is 2.17 bits per heavy atom. The van der Waals surface area contributed by atoms with Crippen molar-refractivity contribution in [2.75, 3.05) is 6.61 Å². The molecule has 0 aliphatic heterocycles. The number of benzene rings is 1. The summed E-state index contributed by atoms with van der Waals surface area (Å²) >= 11 is 0. The minimum Gasteiger partial charge on any atom is -0.504 e. The molecular formula is C18H22N2O3. The van der Waals surface area contributed by atoms with Crippen LogP contribution in [0.25, 0.3) is 6.08 Å². The summed E-state index contributed by atoms with van der Waals surface area (Å²) in [4.78, 5) is 12.2. The molecule has 0 heterocycles. The van der Waals surface area contributed by atoms with Gasteiger partial charge in [0, 0.05) is 6.04 Å². The Morgan fingerprint density at radius 1 is 1.43 bits per heavy atom. The van der Waals surface area contributed by atoms with Gasteiger partial charge in [0.05, 0.1) is 6.61 Å². The summed E-state index contributed by atoms with van der Waals surface area (Å²) in [6, 6.07) is 6.86. The normalized spacial score (nSPS) is 15.7. The minimum absolute atomic E-state index is 0.0363. The summed E-state index contributed by atoms with van der Waals surface area (Å²) in [5, 5.41) is 21.9. The van der Waals surface area contributed by atoms with Gasteiger partial charge in [-0.2, -0.15) is 5.26 Å². The Morgan fingerprint density at radius 3 is 2.83 bits per heavy atom. The number of hydrogen-bond donors (Lipinski definition) is 2. The van der Waals surface area contributed by atoms with E-state index in [4.69, 9.17) is 4.74 Å². The van der Waals surface area contributed by atoms with Gasteiger partial charge in [0.2, 0.25) is 0 Å². The van der Waals surface area contributed by atoms with E-state index in [0.29, 0.717) is 17.9 Å². The largest absolute Gasteiger partial charge is 0.504 e. The van der Waals surface area contributed by atoms with Crippen LogP contribution < -0.4 is 10.1 Å². The first-order valence-electron chi connectivity index (χ1n) is 8.02. The van der Waals surface area contributed by atoms with E-state index in [-0.39, 0.29) is 23.3 Å². The van der Waals surface area contributed by atoms with Crippen LogP contribution in [-0.2, 0) is 4.79 Å². The number of hydrogen-bond acceptors (Lipinski definition) is 4. The monoisotopic (exact) mass is 314 g/mol. The molecule has 0 unspecified atom stereocenters. The van der Waals surface area contributed by atoms with Gasteiger partial charge in [-0.3, -0.25) is 4.79 Å².